The average Bonchev–Trinajstić information content (AvgIpc) is 2.69. The number of aromatic nitrogens is 2. The van der Waals surface area contributed by atoms with E-state index in [1.165, 1.54) is 32.2 Å². The predicted molar refractivity (Wildman–Crippen MR) is 99.5 cm³/mol. The molecule has 1 amide bonds. The van der Waals surface area contributed by atoms with Crippen LogP contribution in [0.5, 0.6) is 0 Å². The molecule has 1 aromatic rings. The minimum absolute atomic E-state index is 0.0425. The van der Waals surface area contributed by atoms with Gasteiger partial charge in [-0.15, -0.1) is 0 Å². The highest BCUT2D eigenvalue weighted by Crippen LogP contribution is 2.21. The van der Waals surface area contributed by atoms with E-state index in [1.54, 1.807) is 12.4 Å². The van der Waals surface area contributed by atoms with Crippen molar-refractivity contribution in [2.24, 2.45) is 5.92 Å². The van der Waals surface area contributed by atoms with Gasteiger partial charge in [0.05, 0.1) is 5.92 Å². The van der Waals surface area contributed by atoms with Crippen LogP contribution >= 0.6 is 0 Å². The number of piperidine rings is 2. The molecule has 0 saturated carbocycles. The van der Waals surface area contributed by atoms with Gasteiger partial charge in [0.1, 0.15) is 0 Å². The van der Waals surface area contributed by atoms with Gasteiger partial charge in [0.2, 0.25) is 11.9 Å². The van der Waals surface area contributed by atoms with Crippen LogP contribution in [0.2, 0.25) is 0 Å². The number of hydrogen-bond acceptors (Lipinski definition) is 5. The van der Waals surface area contributed by atoms with Gasteiger partial charge >= 0.3 is 0 Å². The molecular formula is C19H31N5O. The molecule has 2 aliphatic heterocycles. The lowest BCUT2D eigenvalue weighted by Crippen LogP contribution is -2.47. The van der Waals surface area contributed by atoms with Crippen molar-refractivity contribution in [1.29, 1.82) is 0 Å². The summed E-state index contributed by atoms with van der Waals surface area (Å²) in [7, 11) is 0. The van der Waals surface area contributed by atoms with Crippen LogP contribution in [-0.2, 0) is 4.79 Å². The second kappa shape index (κ2) is 9.13. The van der Waals surface area contributed by atoms with Gasteiger partial charge in [-0.25, -0.2) is 9.97 Å². The Bertz CT molecular complexity index is 538. The average molecular weight is 345 g/mol. The van der Waals surface area contributed by atoms with Crippen LogP contribution in [-0.4, -0.2) is 59.5 Å². The Morgan fingerprint density at radius 3 is 2.84 bits per heavy atom. The molecule has 3 rings (SSSR count). The highest BCUT2D eigenvalue weighted by molar-refractivity contribution is 5.79. The smallest absolute Gasteiger partial charge is 0.225 e. The maximum Gasteiger partial charge on any atom is 0.225 e. The van der Waals surface area contributed by atoms with E-state index in [0.717, 1.165) is 45.0 Å². The van der Waals surface area contributed by atoms with Gasteiger partial charge in [0, 0.05) is 44.6 Å². The van der Waals surface area contributed by atoms with Crippen LogP contribution in [0.3, 0.4) is 0 Å². The SMILES string of the molecule is CC[C@@H]1CCCCN1CCNC(=O)[C@H]1CCCN(c2ncccn2)C1. The van der Waals surface area contributed by atoms with Crippen LogP contribution in [0.4, 0.5) is 5.95 Å². The maximum absolute atomic E-state index is 12.6. The fourth-order valence-corrected chi connectivity index (χ4v) is 4.11. The van der Waals surface area contributed by atoms with Crippen molar-refractivity contribution in [3.05, 3.63) is 18.5 Å². The van der Waals surface area contributed by atoms with Crippen LogP contribution < -0.4 is 10.2 Å². The number of amides is 1. The Kier molecular flexibility index (Phi) is 6.62. The topological polar surface area (TPSA) is 61.4 Å². The van der Waals surface area contributed by atoms with Crippen molar-refractivity contribution in [1.82, 2.24) is 20.2 Å². The standard InChI is InChI=1S/C19H31N5O/c1-2-17-8-3-4-12-23(17)14-11-20-18(25)16-7-5-13-24(15-16)19-21-9-6-10-22-19/h6,9-10,16-17H,2-5,7-8,11-15H2,1H3,(H,20,25)/t16-,17+/m0/s1. The van der Waals surface area contributed by atoms with E-state index in [1.807, 2.05) is 6.07 Å². The molecule has 2 saturated heterocycles. The van der Waals surface area contributed by atoms with Gasteiger partial charge in [-0.1, -0.05) is 13.3 Å². The monoisotopic (exact) mass is 345 g/mol. The molecule has 0 aromatic carbocycles. The highest BCUT2D eigenvalue weighted by atomic mass is 16.1. The van der Waals surface area contributed by atoms with Crippen molar-refractivity contribution in [3.8, 4) is 0 Å². The minimum atomic E-state index is 0.0425. The van der Waals surface area contributed by atoms with Gasteiger partial charge in [0.15, 0.2) is 0 Å². The zero-order chi connectivity index (χ0) is 17.5. The molecule has 6 heteroatoms. The lowest BCUT2D eigenvalue weighted by molar-refractivity contribution is -0.125. The fraction of sp³-hybridized carbons (Fsp3) is 0.737. The van der Waals surface area contributed by atoms with E-state index in [9.17, 15) is 4.79 Å². The summed E-state index contributed by atoms with van der Waals surface area (Å²) < 4.78 is 0. The number of likely N-dealkylation sites (tertiary alicyclic amines) is 1. The third-order valence-corrected chi connectivity index (χ3v) is 5.55. The minimum Gasteiger partial charge on any atom is -0.355 e. The van der Waals surface area contributed by atoms with Crippen molar-refractivity contribution in [3.63, 3.8) is 0 Å². The molecule has 0 bridgehead atoms. The molecular weight excluding hydrogens is 314 g/mol. The molecule has 2 atom stereocenters. The predicted octanol–water partition coefficient (Wildman–Crippen LogP) is 2.07. The summed E-state index contributed by atoms with van der Waals surface area (Å²) in [6.07, 6.45) is 10.6. The van der Waals surface area contributed by atoms with Crippen LogP contribution in [0.15, 0.2) is 18.5 Å². The Morgan fingerprint density at radius 2 is 2.04 bits per heavy atom. The van der Waals surface area contributed by atoms with Gasteiger partial charge < -0.3 is 10.2 Å². The van der Waals surface area contributed by atoms with E-state index in [-0.39, 0.29) is 11.8 Å². The molecule has 1 aromatic heterocycles. The number of nitrogens with one attached hydrogen (secondary N) is 1. The van der Waals surface area contributed by atoms with E-state index in [0.29, 0.717) is 6.04 Å². The maximum atomic E-state index is 12.6. The lowest BCUT2D eigenvalue weighted by Gasteiger charge is -2.35. The second-order valence-corrected chi connectivity index (χ2v) is 7.22. The molecule has 0 radical (unpaired) electrons. The summed E-state index contributed by atoms with van der Waals surface area (Å²) in [5.41, 5.74) is 0. The summed E-state index contributed by atoms with van der Waals surface area (Å²) in [6.45, 7) is 6.83. The Balaban J connectivity index is 1.44. The summed E-state index contributed by atoms with van der Waals surface area (Å²) >= 11 is 0. The van der Waals surface area contributed by atoms with E-state index >= 15 is 0 Å². The van der Waals surface area contributed by atoms with E-state index in [2.05, 4.69) is 32.0 Å². The molecule has 3 heterocycles. The first-order chi connectivity index (χ1) is 12.3. The zero-order valence-corrected chi connectivity index (χ0v) is 15.4. The summed E-state index contributed by atoms with van der Waals surface area (Å²) in [4.78, 5) is 25.9. The molecule has 0 unspecified atom stereocenters. The molecule has 2 aliphatic rings. The molecule has 2 fully saturated rings. The molecule has 1 N–H and O–H groups in total. The Hall–Kier alpha value is -1.69. The first-order valence-electron chi connectivity index (χ1n) is 9.81. The van der Waals surface area contributed by atoms with E-state index < -0.39 is 0 Å². The van der Waals surface area contributed by atoms with Crippen molar-refractivity contribution in [2.45, 2.75) is 51.5 Å². The summed E-state index contributed by atoms with van der Waals surface area (Å²) in [6, 6.07) is 2.52. The second-order valence-electron chi connectivity index (χ2n) is 7.22. The first kappa shape index (κ1) is 18.1. The first-order valence-corrected chi connectivity index (χ1v) is 9.81. The summed E-state index contributed by atoms with van der Waals surface area (Å²) in [5.74, 6) is 0.964. The highest BCUT2D eigenvalue weighted by Gasteiger charge is 2.27. The van der Waals surface area contributed by atoms with Crippen molar-refractivity contribution in [2.75, 3.05) is 37.6 Å². The van der Waals surface area contributed by atoms with Crippen LogP contribution in [0.1, 0.15) is 45.4 Å². The van der Waals surface area contributed by atoms with Crippen LogP contribution in [0.25, 0.3) is 0 Å². The zero-order valence-electron chi connectivity index (χ0n) is 15.4. The molecule has 0 aliphatic carbocycles. The third kappa shape index (κ3) is 4.91. The number of carbonyl (C=O) groups excluding carboxylic acids is 1. The van der Waals surface area contributed by atoms with Crippen LogP contribution in [0, 0.1) is 5.92 Å². The van der Waals surface area contributed by atoms with E-state index in [4.69, 9.17) is 0 Å². The summed E-state index contributed by atoms with van der Waals surface area (Å²) in [5, 5.41) is 3.17. The molecule has 25 heavy (non-hydrogen) atoms. The molecule has 138 valence electrons. The number of hydrogen-bond donors (Lipinski definition) is 1. The number of nitrogens with zero attached hydrogens (tertiary/aromatic N) is 4. The third-order valence-electron chi connectivity index (χ3n) is 5.55. The number of carbonyl (C=O) groups is 1. The normalized spacial score (nSPS) is 24.9. The molecule has 6 nitrogen and oxygen atoms in total. The quantitative estimate of drug-likeness (QED) is 0.855. The van der Waals surface area contributed by atoms with Crippen molar-refractivity contribution >= 4 is 11.9 Å². The lowest BCUT2D eigenvalue weighted by atomic mass is 9.97. The van der Waals surface area contributed by atoms with Crippen molar-refractivity contribution < 1.29 is 4.79 Å². The largest absolute Gasteiger partial charge is 0.355 e. The van der Waals surface area contributed by atoms with Gasteiger partial charge in [-0.3, -0.25) is 9.69 Å². The van der Waals surface area contributed by atoms with Gasteiger partial charge in [-0.2, -0.15) is 0 Å². The number of rotatable bonds is 6. The van der Waals surface area contributed by atoms with Gasteiger partial charge in [-0.05, 0) is 44.7 Å². The Labute approximate surface area is 151 Å². The fourth-order valence-electron chi connectivity index (χ4n) is 4.11. The molecule has 0 spiro atoms. The van der Waals surface area contributed by atoms with Gasteiger partial charge in [0.25, 0.3) is 0 Å². The Morgan fingerprint density at radius 1 is 1.20 bits per heavy atom. The number of anilines is 1.